The van der Waals surface area contributed by atoms with Crippen molar-refractivity contribution < 1.29 is 33.5 Å². The van der Waals surface area contributed by atoms with Crippen LogP contribution in [0, 0.1) is 0 Å². The second-order valence-electron chi connectivity index (χ2n) is 5.86. The van der Waals surface area contributed by atoms with Gasteiger partial charge in [0.15, 0.2) is 6.61 Å². The van der Waals surface area contributed by atoms with Crippen molar-refractivity contribution in [3.05, 3.63) is 59.7 Å². The highest BCUT2D eigenvalue weighted by Crippen LogP contribution is 2.19. The number of nitrogens with one attached hydrogen (secondary N) is 1. The summed E-state index contributed by atoms with van der Waals surface area (Å²) in [5, 5.41) is 11.8. The third-order valence-electron chi connectivity index (χ3n) is 3.75. The summed E-state index contributed by atoms with van der Waals surface area (Å²) >= 11 is 0. The number of esters is 1. The molecule has 2 N–H and O–H groups in total. The monoisotopic (exact) mass is 418 g/mol. The fraction of sp³-hybridized carbons (Fsp3) is 0.158. The van der Waals surface area contributed by atoms with Crippen molar-refractivity contribution in [1.29, 1.82) is 0 Å². The molecule has 9 nitrogen and oxygen atoms in total. The SMILES string of the molecule is CC(=O)OCC(=O)N(C(=O)O)c1ccc(Cc2ccc(NC(=O)OP)cc2)cc1. The van der Waals surface area contributed by atoms with Gasteiger partial charge in [-0.05, 0) is 41.8 Å². The second-order valence-corrected chi connectivity index (χ2v) is 6.10. The average Bonchev–Trinajstić information content (AvgIpc) is 2.69. The first kappa shape index (κ1) is 21.8. The van der Waals surface area contributed by atoms with Crippen LogP contribution >= 0.6 is 9.47 Å². The fourth-order valence-corrected chi connectivity index (χ4v) is 2.50. The fourth-order valence-electron chi connectivity index (χ4n) is 2.44. The van der Waals surface area contributed by atoms with Crippen molar-refractivity contribution in [2.24, 2.45) is 0 Å². The highest BCUT2D eigenvalue weighted by atomic mass is 31.0. The lowest BCUT2D eigenvalue weighted by molar-refractivity contribution is -0.145. The summed E-state index contributed by atoms with van der Waals surface area (Å²) in [5.74, 6) is -1.54. The highest BCUT2D eigenvalue weighted by molar-refractivity contribution is 7.10. The molecule has 0 saturated heterocycles. The van der Waals surface area contributed by atoms with E-state index in [1.54, 1.807) is 24.3 Å². The number of hydrogen-bond donors (Lipinski definition) is 2. The molecular formula is C19H19N2O7P. The van der Waals surface area contributed by atoms with E-state index in [4.69, 9.17) is 0 Å². The molecule has 2 aromatic rings. The molecule has 0 spiro atoms. The van der Waals surface area contributed by atoms with Gasteiger partial charge in [-0.15, -0.1) is 0 Å². The summed E-state index contributed by atoms with van der Waals surface area (Å²) in [6.45, 7) is 0.471. The summed E-state index contributed by atoms with van der Waals surface area (Å²) in [6, 6.07) is 13.5. The van der Waals surface area contributed by atoms with Crippen LogP contribution in [0.25, 0.3) is 0 Å². The van der Waals surface area contributed by atoms with Gasteiger partial charge in [-0.25, -0.2) is 14.5 Å². The van der Waals surface area contributed by atoms with E-state index < -0.39 is 30.7 Å². The zero-order chi connectivity index (χ0) is 21.4. The van der Waals surface area contributed by atoms with Gasteiger partial charge in [-0.2, -0.15) is 0 Å². The molecule has 2 rings (SSSR count). The Hall–Kier alpha value is -3.45. The van der Waals surface area contributed by atoms with E-state index in [1.807, 2.05) is 21.6 Å². The maximum Gasteiger partial charge on any atom is 0.418 e. The van der Waals surface area contributed by atoms with Crippen LogP contribution in [0.4, 0.5) is 21.0 Å². The minimum Gasteiger partial charge on any atom is -0.464 e. The summed E-state index contributed by atoms with van der Waals surface area (Å²) in [7, 11) is 1.86. The van der Waals surface area contributed by atoms with E-state index in [2.05, 4.69) is 14.6 Å². The van der Waals surface area contributed by atoms with E-state index in [9.17, 15) is 24.3 Å². The Balaban J connectivity index is 2.06. The summed E-state index contributed by atoms with van der Waals surface area (Å²) < 4.78 is 9.01. The van der Waals surface area contributed by atoms with Crippen LogP contribution < -0.4 is 10.2 Å². The third kappa shape index (κ3) is 6.58. The van der Waals surface area contributed by atoms with Gasteiger partial charge in [0.1, 0.15) is 0 Å². The molecule has 2 aromatic carbocycles. The molecule has 0 aliphatic carbocycles. The molecule has 0 aliphatic rings. The van der Waals surface area contributed by atoms with E-state index in [0.29, 0.717) is 17.0 Å². The van der Waals surface area contributed by atoms with Crippen LogP contribution in [-0.2, 0) is 25.3 Å². The number of carbonyl (C=O) groups excluding carboxylic acids is 3. The summed E-state index contributed by atoms with van der Waals surface area (Å²) in [4.78, 5) is 45.9. The molecule has 0 bridgehead atoms. The molecule has 0 radical (unpaired) electrons. The van der Waals surface area contributed by atoms with E-state index in [0.717, 1.165) is 18.1 Å². The van der Waals surface area contributed by atoms with Gasteiger partial charge in [-0.1, -0.05) is 24.3 Å². The zero-order valence-corrected chi connectivity index (χ0v) is 16.6. The molecule has 3 amide bonds. The number of rotatable bonds is 6. The number of amides is 3. The van der Waals surface area contributed by atoms with Crippen molar-refractivity contribution in [3.8, 4) is 0 Å². The quantitative estimate of drug-likeness (QED) is 0.546. The predicted molar refractivity (Wildman–Crippen MR) is 108 cm³/mol. The van der Waals surface area contributed by atoms with Crippen molar-refractivity contribution in [3.63, 3.8) is 0 Å². The number of nitrogens with zero attached hydrogens (tertiary/aromatic N) is 1. The lowest BCUT2D eigenvalue weighted by Crippen LogP contribution is -2.38. The number of benzene rings is 2. The largest absolute Gasteiger partial charge is 0.464 e. The topological polar surface area (TPSA) is 122 Å². The lowest BCUT2D eigenvalue weighted by atomic mass is 10.0. The predicted octanol–water partition coefficient (Wildman–Crippen LogP) is 3.19. The Morgan fingerprint density at radius 1 is 1.00 bits per heavy atom. The third-order valence-corrected chi connectivity index (χ3v) is 3.96. The standard InChI is InChI=1S/C19H19N2O7P/c1-12(22)27-11-17(23)21(19(25)26)16-8-4-14(5-9-16)10-13-2-6-15(7-3-13)20-18(24)28-29/h2-9H,10-11,29H2,1H3,(H,20,24)(H,25,26). The molecule has 1 unspecified atom stereocenters. The van der Waals surface area contributed by atoms with E-state index in [1.165, 1.54) is 12.1 Å². The molecule has 0 saturated carbocycles. The van der Waals surface area contributed by atoms with Crippen molar-refractivity contribution in [2.75, 3.05) is 16.8 Å². The van der Waals surface area contributed by atoms with Crippen LogP contribution in [-0.4, -0.2) is 35.8 Å². The lowest BCUT2D eigenvalue weighted by Gasteiger charge is -2.17. The first-order valence-corrected chi connectivity index (χ1v) is 8.82. The number of hydrogen-bond acceptors (Lipinski definition) is 6. The molecule has 10 heteroatoms. The van der Waals surface area contributed by atoms with Gasteiger partial charge < -0.3 is 14.4 Å². The number of carbonyl (C=O) groups is 4. The Morgan fingerprint density at radius 2 is 1.55 bits per heavy atom. The average molecular weight is 418 g/mol. The van der Waals surface area contributed by atoms with Gasteiger partial charge in [0.05, 0.1) is 15.2 Å². The van der Waals surface area contributed by atoms with E-state index >= 15 is 0 Å². The van der Waals surface area contributed by atoms with Crippen molar-refractivity contribution in [2.45, 2.75) is 13.3 Å². The number of imide groups is 1. The number of anilines is 2. The van der Waals surface area contributed by atoms with Crippen LogP contribution in [0.5, 0.6) is 0 Å². The molecule has 0 aromatic heterocycles. The Labute approximate surface area is 168 Å². The molecule has 0 heterocycles. The van der Waals surface area contributed by atoms with Crippen LogP contribution in [0.3, 0.4) is 0 Å². The number of carboxylic acid groups (broad SMARTS) is 1. The molecule has 152 valence electrons. The normalized spacial score (nSPS) is 10.0. The highest BCUT2D eigenvalue weighted by Gasteiger charge is 2.23. The van der Waals surface area contributed by atoms with Gasteiger partial charge in [-0.3, -0.25) is 14.9 Å². The van der Waals surface area contributed by atoms with Gasteiger partial charge in [0, 0.05) is 12.6 Å². The van der Waals surface area contributed by atoms with Crippen LogP contribution in [0.2, 0.25) is 0 Å². The maximum absolute atomic E-state index is 12.0. The minimum atomic E-state index is -1.47. The Morgan fingerprint density at radius 3 is 2.03 bits per heavy atom. The van der Waals surface area contributed by atoms with Crippen LogP contribution in [0.15, 0.2) is 48.5 Å². The van der Waals surface area contributed by atoms with Crippen molar-refractivity contribution in [1.82, 2.24) is 0 Å². The maximum atomic E-state index is 12.0. The van der Waals surface area contributed by atoms with Gasteiger partial charge in [0.25, 0.3) is 5.91 Å². The summed E-state index contributed by atoms with van der Waals surface area (Å²) in [5.41, 5.74) is 2.58. The van der Waals surface area contributed by atoms with Gasteiger partial charge >= 0.3 is 18.2 Å². The molecule has 1 atom stereocenters. The first-order valence-electron chi connectivity index (χ1n) is 8.35. The van der Waals surface area contributed by atoms with Crippen molar-refractivity contribution >= 4 is 44.9 Å². The summed E-state index contributed by atoms with van der Waals surface area (Å²) in [6.07, 6.45) is -1.50. The second kappa shape index (κ2) is 10.2. The van der Waals surface area contributed by atoms with Crippen LogP contribution in [0.1, 0.15) is 18.1 Å². The Bertz CT molecular complexity index is 898. The molecular weight excluding hydrogens is 399 g/mol. The minimum absolute atomic E-state index is 0.147. The first-order chi connectivity index (χ1) is 13.8. The number of ether oxygens (including phenoxy) is 1. The van der Waals surface area contributed by atoms with Gasteiger partial charge in [0.2, 0.25) is 0 Å². The smallest absolute Gasteiger partial charge is 0.418 e. The molecule has 0 aliphatic heterocycles. The molecule has 29 heavy (non-hydrogen) atoms. The van der Waals surface area contributed by atoms with E-state index in [-0.39, 0.29) is 5.69 Å². The molecule has 0 fully saturated rings. The Kier molecular flexibility index (Phi) is 7.68. The zero-order valence-electron chi connectivity index (χ0n) is 15.5.